The molecule has 26 heavy (non-hydrogen) atoms. The number of carbonyl (C=O) groups excluding carboxylic acids is 1. The first kappa shape index (κ1) is 18.3. The van der Waals surface area contributed by atoms with Crippen LogP contribution in [-0.2, 0) is 6.54 Å². The summed E-state index contributed by atoms with van der Waals surface area (Å²) in [6.45, 7) is 8.22. The molecule has 2 heterocycles. The minimum absolute atomic E-state index is 0.00910. The molecule has 0 aliphatic carbocycles. The molecule has 0 atom stereocenters. The topological polar surface area (TPSA) is 52.6 Å². The fourth-order valence-electron chi connectivity index (χ4n) is 3.04. The second kappa shape index (κ2) is 8.27. The van der Waals surface area contributed by atoms with E-state index in [9.17, 15) is 4.79 Å². The van der Waals surface area contributed by atoms with Gasteiger partial charge in [-0.05, 0) is 32.5 Å². The van der Waals surface area contributed by atoms with Crippen LogP contribution in [0.2, 0.25) is 0 Å². The number of benzene rings is 1. The minimum atomic E-state index is -0.00910. The average molecular weight is 353 g/mol. The van der Waals surface area contributed by atoms with Crippen LogP contribution in [0.1, 0.15) is 29.9 Å². The van der Waals surface area contributed by atoms with Crippen molar-refractivity contribution < 1.29 is 4.79 Å². The second-order valence-corrected chi connectivity index (χ2v) is 7.04. The van der Waals surface area contributed by atoms with Gasteiger partial charge in [0, 0.05) is 45.0 Å². The number of amides is 1. The summed E-state index contributed by atoms with van der Waals surface area (Å²) in [5.74, 6) is 0.592. The number of anilines is 1. The summed E-state index contributed by atoms with van der Waals surface area (Å²) in [6.07, 6.45) is 1.69. The van der Waals surface area contributed by atoms with Gasteiger partial charge in [0.05, 0.1) is 0 Å². The highest BCUT2D eigenvalue weighted by molar-refractivity contribution is 5.92. The Balaban J connectivity index is 1.79. The first-order valence-electron chi connectivity index (χ1n) is 9.16. The van der Waals surface area contributed by atoms with Crippen LogP contribution >= 0.6 is 0 Å². The molecule has 6 nitrogen and oxygen atoms in total. The molecule has 0 unspecified atom stereocenters. The Labute approximate surface area is 155 Å². The van der Waals surface area contributed by atoms with E-state index in [4.69, 9.17) is 0 Å². The predicted octanol–water partition coefficient (Wildman–Crippen LogP) is 2.28. The molecule has 138 valence electrons. The number of hydrogen-bond acceptors (Lipinski definition) is 5. The minimum Gasteiger partial charge on any atom is -0.335 e. The molecule has 0 spiro atoms. The van der Waals surface area contributed by atoms with Crippen molar-refractivity contribution in [3.63, 3.8) is 0 Å². The van der Waals surface area contributed by atoms with Crippen LogP contribution in [-0.4, -0.2) is 64.9 Å². The molecule has 1 aromatic carbocycles. The van der Waals surface area contributed by atoms with Crippen LogP contribution in [0.25, 0.3) is 0 Å². The van der Waals surface area contributed by atoms with Gasteiger partial charge in [0.25, 0.3) is 5.91 Å². The van der Waals surface area contributed by atoms with E-state index in [0.717, 1.165) is 26.2 Å². The van der Waals surface area contributed by atoms with E-state index in [1.807, 2.05) is 23.1 Å². The summed E-state index contributed by atoms with van der Waals surface area (Å²) in [6, 6.07) is 12.2. The van der Waals surface area contributed by atoms with Gasteiger partial charge in [0.1, 0.15) is 5.69 Å². The summed E-state index contributed by atoms with van der Waals surface area (Å²) >= 11 is 0. The van der Waals surface area contributed by atoms with Gasteiger partial charge in [-0.15, -0.1) is 0 Å². The lowest BCUT2D eigenvalue weighted by atomic mass is 10.2. The summed E-state index contributed by atoms with van der Waals surface area (Å²) < 4.78 is 0. The lowest BCUT2D eigenvalue weighted by Crippen LogP contribution is -2.47. The highest BCUT2D eigenvalue weighted by atomic mass is 16.2. The van der Waals surface area contributed by atoms with E-state index in [2.05, 4.69) is 52.8 Å². The van der Waals surface area contributed by atoms with E-state index in [0.29, 0.717) is 18.2 Å². The van der Waals surface area contributed by atoms with Crippen molar-refractivity contribution in [2.24, 2.45) is 0 Å². The van der Waals surface area contributed by atoms with Crippen LogP contribution < -0.4 is 4.90 Å². The normalized spacial score (nSPS) is 15.3. The zero-order valence-electron chi connectivity index (χ0n) is 15.8. The van der Waals surface area contributed by atoms with E-state index >= 15 is 0 Å². The van der Waals surface area contributed by atoms with Crippen LogP contribution in [0.15, 0.2) is 42.6 Å². The SMILES string of the molecule is CC(C)N(Cc1ccccc1)c1nccc(C(=O)N2CCN(C)CC2)n1. The highest BCUT2D eigenvalue weighted by Gasteiger charge is 2.23. The molecule has 1 aliphatic rings. The van der Waals surface area contributed by atoms with Crippen molar-refractivity contribution in [3.8, 4) is 0 Å². The van der Waals surface area contributed by atoms with Gasteiger partial charge in [0.2, 0.25) is 5.95 Å². The molecule has 3 rings (SSSR count). The molecule has 1 amide bonds. The van der Waals surface area contributed by atoms with Gasteiger partial charge in [-0.1, -0.05) is 30.3 Å². The number of aromatic nitrogens is 2. The third kappa shape index (κ3) is 4.38. The molecule has 6 heteroatoms. The van der Waals surface area contributed by atoms with E-state index in [1.54, 1.807) is 12.3 Å². The van der Waals surface area contributed by atoms with Crippen LogP contribution in [0.4, 0.5) is 5.95 Å². The molecule has 1 fully saturated rings. The molecular formula is C20H27N5O. The van der Waals surface area contributed by atoms with Gasteiger partial charge < -0.3 is 14.7 Å². The van der Waals surface area contributed by atoms with Gasteiger partial charge in [-0.2, -0.15) is 0 Å². The third-order valence-electron chi connectivity index (χ3n) is 4.73. The van der Waals surface area contributed by atoms with Crippen LogP contribution in [0.5, 0.6) is 0 Å². The van der Waals surface area contributed by atoms with Crippen LogP contribution in [0, 0.1) is 0 Å². The molecule has 0 N–H and O–H groups in total. The van der Waals surface area contributed by atoms with Crippen molar-refractivity contribution in [2.75, 3.05) is 38.1 Å². The Morgan fingerprint density at radius 3 is 2.46 bits per heavy atom. The summed E-state index contributed by atoms with van der Waals surface area (Å²) in [5.41, 5.74) is 1.67. The maximum atomic E-state index is 12.8. The molecule has 0 radical (unpaired) electrons. The Kier molecular flexibility index (Phi) is 5.83. The molecule has 1 aliphatic heterocycles. The second-order valence-electron chi connectivity index (χ2n) is 7.04. The zero-order chi connectivity index (χ0) is 18.5. The van der Waals surface area contributed by atoms with Gasteiger partial charge in [-0.25, -0.2) is 9.97 Å². The Hall–Kier alpha value is -2.47. The zero-order valence-corrected chi connectivity index (χ0v) is 15.8. The fraction of sp³-hybridized carbons (Fsp3) is 0.450. The quantitative estimate of drug-likeness (QED) is 0.825. The largest absolute Gasteiger partial charge is 0.335 e. The first-order valence-corrected chi connectivity index (χ1v) is 9.16. The van der Waals surface area contributed by atoms with Crippen molar-refractivity contribution in [2.45, 2.75) is 26.4 Å². The summed E-state index contributed by atoms with van der Waals surface area (Å²) in [7, 11) is 2.08. The summed E-state index contributed by atoms with van der Waals surface area (Å²) in [4.78, 5) is 28.1. The molecule has 0 bridgehead atoms. The highest BCUT2D eigenvalue weighted by Crippen LogP contribution is 2.17. The van der Waals surface area contributed by atoms with Crippen molar-refractivity contribution in [1.82, 2.24) is 19.8 Å². The molecule has 2 aromatic rings. The first-order chi connectivity index (χ1) is 12.5. The molecule has 1 saturated heterocycles. The number of nitrogens with zero attached hydrogens (tertiary/aromatic N) is 5. The number of likely N-dealkylation sites (N-methyl/N-ethyl adjacent to an activating group) is 1. The number of rotatable bonds is 5. The Bertz CT molecular complexity index is 726. The molecular weight excluding hydrogens is 326 g/mol. The average Bonchev–Trinajstić information content (AvgIpc) is 2.67. The Morgan fingerprint density at radius 2 is 1.81 bits per heavy atom. The Morgan fingerprint density at radius 1 is 1.12 bits per heavy atom. The van der Waals surface area contributed by atoms with E-state index < -0.39 is 0 Å². The van der Waals surface area contributed by atoms with Gasteiger partial charge >= 0.3 is 0 Å². The third-order valence-corrected chi connectivity index (χ3v) is 4.73. The smallest absolute Gasteiger partial charge is 0.272 e. The molecule has 0 saturated carbocycles. The number of hydrogen-bond donors (Lipinski definition) is 0. The van der Waals surface area contributed by atoms with Crippen molar-refractivity contribution in [1.29, 1.82) is 0 Å². The fourth-order valence-corrected chi connectivity index (χ4v) is 3.04. The van der Waals surface area contributed by atoms with Gasteiger partial charge in [0.15, 0.2) is 0 Å². The predicted molar refractivity (Wildman–Crippen MR) is 103 cm³/mol. The lowest BCUT2D eigenvalue weighted by Gasteiger charge is -2.32. The monoisotopic (exact) mass is 353 g/mol. The number of carbonyl (C=O) groups is 1. The van der Waals surface area contributed by atoms with E-state index in [1.165, 1.54) is 5.56 Å². The standard InChI is InChI=1S/C20H27N5O/c1-16(2)25(15-17-7-5-4-6-8-17)20-21-10-9-18(22-20)19(26)24-13-11-23(3)12-14-24/h4-10,16H,11-15H2,1-3H3. The van der Waals surface area contributed by atoms with Crippen molar-refractivity contribution >= 4 is 11.9 Å². The maximum Gasteiger partial charge on any atom is 0.272 e. The van der Waals surface area contributed by atoms with E-state index in [-0.39, 0.29) is 11.9 Å². The maximum absolute atomic E-state index is 12.8. The van der Waals surface area contributed by atoms with Crippen LogP contribution in [0.3, 0.4) is 0 Å². The number of piperazine rings is 1. The summed E-state index contributed by atoms with van der Waals surface area (Å²) in [5, 5.41) is 0. The van der Waals surface area contributed by atoms with Crippen molar-refractivity contribution in [3.05, 3.63) is 53.9 Å². The molecule has 1 aromatic heterocycles. The lowest BCUT2D eigenvalue weighted by molar-refractivity contribution is 0.0658. The van der Waals surface area contributed by atoms with Gasteiger partial charge in [-0.3, -0.25) is 4.79 Å².